The normalized spacial score (nSPS) is 21.5. The molecule has 5 nitrogen and oxygen atoms in total. The van der Waals surface area contributed by atoms with Gasteiger partial charge in [-0.2, -0.15) is 0 Å². The Morgan fingerprint density at radius 2 is 1.91 bits per heavy atom. The van der Waals surface area contributed by atoms with Crippen molar-refractivity contribution in [1.82, 2.24) is 14.8 Å². The van der Waals surface area contributed by atoms with Gasteiger partial charge in [-0.25, -0.2) is 0 Å². The molecule has 0 aliphatic carbocycles. The number of aromatic nitrogens is 1. The van der Waals surface area contributed by atoms with Gasteiger partial charge in [0, 0.05) is 55.8 Å². The third-order valence-electron chi connectivity index (χ3n) is 7.88. The van der Waals surface area contributed by atoms with Gasteiger partial charge in [-0.15, -0.1) is 0 Å². The number of ether oxygens (including phenoxy) is 1. The number of nitrogens with one attached hydrogen (secondary N) is 1. The van der Waals surface area contributed by atoms with Crippen LogP contribution in [-0.2, 0) is 13.0 Å². The molecule has 0 saturated carbocycles. The lowest BCUT2D eigenvalue weighted by Gasteiger charge is -2.42. The van der Waals surface area contributed by atoms with Crippen LogP contribution >= 0.6 is 0 Å². The van der Waals surface area contributed by atoms with Crippen LogP contribution in [0.1, 0.15) is 24.0 Å². The minimum atomic E-state index is 0.269. The van der Waals surface area contributed by atoms with E-state index in [1.807, 2.05) is 6.07 Å². The van der Waals surface area contributed by atoms with Gasteiger partial charge >= 0.3 is 0 Å². The van der Waals surface area contributed by atoms with Crippen molar-refractivity contribution >= 4 is 10.9 Å². The summed E-state index contributed by atoms with van der Waals surface area (Å²) < 4.78 is 5.43. The zero-order valence-electron chi connectivity index (χ0n) is 19.1. The van der Waals surface area contributed by atoms with Gasteiger partial charge in [0.15, 0.2) is 0 Å². The molecular formula is C27H35N3O2. The monoisotopic (exact) mass is 433 g/mol. The van der Waals surface area contributed by atoms with Crippen LogP contribution in [-0.4, -0.2) is 66.3 Å². The summed E-state index contributed by atoms with van der Waals surface area (Å²) in [5.41, 5.74) is 4.17. The van der Waals surface area contributed by atoms with Gasteiger partial charge in [-0.3, -0.25) is 4.90 Å². The molecule has 170 valence electrons. The number of likely N-dealkylation sites (tertiary alicyclic amines) is 2. The lowest BCUT2D eigenvalue weighted by Crippen LogP contribution is -2.44. The van der Waals surface area contributed by atoms with Crippen LogP contribution in [0.4, 0.5) is 0 Å². The molecule has 2 aliphatic heterocycles. The number of hydrogen-bond acceptors (Lipinski definition) is 4. The Balaban J connectivity index is 1.20. The van der Waals surface area contributed by atoms with Crippen molar-refractivity contribution in [1.29, 1.82) is 0 Å². The molecule has 2 saturated heterocycles. The van der Waals surface area contributed by atoms with Gasteiger partial charge in [0.2, 0.25) is 0 Å². The first-order chi connectivity index (χ1) is 15.7. The van der Waals surface area contributed by atoms with Crippen molar-refractivity contribution in [3.63, 3.8) is 0 Å². The van der Waals surface area contributed by atoms with Crippen molar-refractivity contribution in [3.05, 3.63) is 65.9 Å². The Morgan fingerprint density at radius 1 is 1.09 bits per heavy atom. The van der Waals surface area contributed by atoms with Crippen LogP contribution in [0.3, 0.4) is 0 Å². The average molecular weight is 434 g/mol. The van der Waals surface area contributed by atoms with Gasteiger partial charge in [0.25, 0.3) is 0 Å². The summed E-state index contributed by atoms with van der Waals surface area (Å²) >= 11 is 0. The third kappa shape index (κ3) is 4.29. The number of hydrogen-bond donors (Lipinski definition) is 2. The van der Waals surface area contributed by atoms with Crippen LogP contribution in [0.25, 0.3) is 10.9 Å². The smallest absolute Gasteiger partial charge is 0.119 e. The zero-order valence-corrected chi connectivity index (χ0v) is 19.1. The van der Waals surface area contributed by atoms with E-state index in [-0.39, 0.29) is 5.41 Å². The molecule has 0 radical (unpaired) electrons. The number of aromatic amines is 1. The fraction of sp³-hybridized carbons (Fsp3) is 0.481. The molecule has 3 heterocycles. The van der Waals surface area contributed by atoms with Crippen LogP contribution in [0.5, 0.6) is 5.75 Å². The largest absolute Gasteiger partial charge is 0.497 e. The number of benzene rings is 2. The molecule has 5 rings (SSSR count). The van der Waals surface area contributed by atoms with Crippen molar-refractivity contribution in [2.75, 3.05) is 46.4 Å². The number of H-pyrrole nitrogens is 1. The second-order valence-electron chi connectivity index (χ2n) is 9.71. The molecule has 32 heavy (non-hydrogen) atoms. The maximum Gasteiger partial charge on any atom is 0.119 e. The predicted molar refractivity (Wildman–Crippen MR) is 129 cm³/mol. The Hall–Kier alpha value is -2.34. The van der Waals surface area contributed by atoms with E-state index in [0.29, 0.717) is 12.5 Å². The quantitative estimate of drug-likeness (QED) is 0.593. The SMILES string of the molecule is COc1ccc2[nH]cc(CN3CCC4(CC3)CN(CCc3ccccc3)CC4CO)c2c1. The average Bonchev–Trinajstić information content (AvgIpc) is 3.40. The van der Waals surface area contributed by atoms with E-state index in [2.05, 4.69) is 63.4 Å². The summed E-state index contributed by atoms with van der Waals surface area (Å²) in [6.45, 7) is 6.71. The van der Waals surface area contributed by atoms with Crippen molar-refractivity contribution in [2.45, 2.75) is 25.8 Å². The summed E-state index contributed by atoms with van der Waals surface area (Å²) in [5, 5.41) is 11.4. The molecule has 5 heteroatoms. The van der Waals surface area contributed by atoms with Gasteiger partial charge in [-0.1, -0.05) is 30.3 Å². The van der Waals surface area contributed by atoms with Crippen LogP contribution < -0.4 is 4.74 Å². The number of rotatable bonds is 7. The van der Waals surface area contributed by atoms with E-state index < -0.39 is 0 Å². The molecule has 2 aliphatic rings. The lowest BCUT2D eigenvalue weighted by molar-refractivity contribution is 0.0485. The first kappa shape index (κ1) is 21.5. The predicted octanol–water partition coefficient (Wildman–Crippen LogP) is 3.93. The topological polar surface area (TPSA) is 51.7 Å². The minimum absolute atomic E-state index is 0.269. The fourth-order valence-corrected chi connectivity index (χ4v) is 5.88. The molecule has 2 fully saturated rings. The number of methoxy groups -OCH3 is 1. The number of nitrogens with zero attached hydrogens (tertiary/aromatic N) is 2. The van der Waals surface area contributed by atoms with E-state index in [4.69, 9.17) is 4.74 Å². The van der Waals surface area contributed by atoms with E-state index in [1.54, 1.807) is 7.11 Å². The molecule has 0 bridgehead atoms. The number of piperidine rings is 1. The summed E-state index contributed by atoms with van der Waals surface area (Å²) in [4.78, 5) is 8.58. The zero-order chi connectivity index (χ0) is 22.0. The number of aliphatic hydroxyl groups is 1. The highest BCUT2D eigenvalue weighted by Gasteiger charge is 2.47. The number of aliphatic hydroxyl groups excluding tert-OH is 1. The molecule has 2 aromatic carbocycles. The maximum atomic E-state index is 10.2. The molecule has 1 spiro atoms. The first-order valence-corrected chi connectivity index (χ1v) is 11.9. The van der Waals surface area contributed by atoms with Gasteiger partial charge in [0.1, 0.15) is 5.75 Å². The lowest BCUT2D eigenvalue weighted by atomic mass is 9.71. The van der Waals surface area contributed by atoms with Crippen molar-refractivity contribution in [2.24, 2.45) is 11.3 Å². The first-order valence-electron chi connectivity index (χ1n) is 11.9. The summed E-state index contributed by atoms with van der Waals surface area (Å²) in [6, 6.07) is 17.0. The van der Waals surface area contributed by atoms with Gasteiger partial charge in [0.05, 0.1) is 7.11 Å². The van der Waals surface area contributed by atoms with Gasteiger partial charge in [-0.05, 0) is 67.1 Å². The number of fused-ring (bicyclic) bond motifs is 1. The highest BCUT2D eigenvalue weighted by atomic mass is 16.5. The van der Waals surface area contributed by atoms with Crippen LogP contribution in [0, 0.1) is 11.3 Å². The second kappa shape index (κ2) is 9.26. The second-order valence-corrected chi connectivity index (χ2v) is 9.71. The Morgan fingerprint density at radius 3 is 2.66 bits per heavy atom. The Labute approximate surface area is 191 Å². The van der Waals surface area contributed by atoms with Crippen LogP contribution in [0.15, 0.2) is 54.7 Å². The fourth-order valence-electron chi connectivity index (χ4n) is 5.88. The van der Waals surface area contributed by atoms with E-state index >= 15 is 0 Å². The molecule has 1 aromatic heterocycles. The molecule has 0 amide bonds. The molecule has 1 unspecified atom stereocenters. The van der Waals surface area contributed by atoms with E-state index in [1.165, 1.54) is 34.9 Å². The van der Waals surface area contributed by atoms with E-state index in [9.17, 15) is 5.11 Å². The van der Waals surface area contributed by atoms with Gasteiger partial charge < -0.3 is 19.7 Å². The van der Waals surface area contributed by atoms with Crippen LogP contribution in [0.2, 0.25) is 0 Å². The van der Waals surface area contributed by atoms with E-state index in [0.717, 1.165) is 51.4 Å². The summed E-state index contributed by atoms with van der Waals surface area (Å²) in [7, 11) is 1.72. The maximum absolute atomic E-state index is 10.2. The third-order valence-corrected chi connectivity index (χ3v) is 7.88. The standard InChI is InChI=1S/C27H35N3O2/c1-32-24-7-8-26-25(15-24)22(16-28-26)17-29-13-10-27(11-14-29)20-30(18-23(27)19-31)12-9-21-5-3-2-4-6-21/h2-8,15-16,23,28,31H,9-14,17-20H2,1H3. The highest BCUT2D eigenvalue weighted by Crippen LogP contribution is 2.44. The minimum Gasteiger partial charge on any atom is -0.497 e. The Kier molecular flexibility index (Phi) is 6.22. The summed E-state index contributed by atoms with van der Waals surface area (Å²) in [5.74, 6) is 1.31. The van der Waals surface area contributed by atoms with Crippen molar-refractivity contribution in [3.8, 4) is 5.75 Å². The highest BCUT2D eigenvalue weighted by molar-refractivity contribution is 5.84. The molecule has 1 atom stereocenters. The molecule has 2 N–H and O–H groups in total. The Bertz CT molecular complexity index is 1020. The molecule has 3 aromatic rings. The summed E-state index contributed by atoms with van der Waals surface area (Å²) in [6.07, 6.45) is 5.58. The van der Waals surface area contributed by atoms with Crippen molar-refractivity contribution < 1.29 is 9.84 Å². The molecular weight excluding hydrogens is 398 g/mol.